The SMILES string of the molecule is CN(CC1CCCO1)C(=O)C1CCCC(CN)C1. The lowest BCUT2D eigenvalue weighted by Gasteiger charge is -2.31. The van der Waals surface area contributed by atoms with Crippen LogP contribution >= 0.6 is 0 Å². The molecule has 0 aromatic heterocycles. The molecular formula is C14H26N2O2. The van der Waals surface area contributed by atoms with E-state index in [1.54, 1.807) is 0 Å². The fourth-order valence-electron chi connectivity index (χ4n) is 3.22. The van der Waals surface area contributed by atoms with Crippen molar-refractivity contribution in [2.45, 2.75) is 44.6 Å². The van der Waals surface area contributed by atoms with Gasteiger partial charge in [0.1, 0.15) is 0 Å². The van der Waals surface area contributed by atoms with E-state index in [9.17, 15) is 4.79 Å². The normalized spacial score (nSPS) is 32.4. The first-order valence-electron chi connectivity index (χ1n) is 7.27. The Morgan fingerprint density at radius 1 is 1.33 bits per heavy atom. The van der Waals surface area contributed by atoms with Crippen LogP contribution in [0.5, 0.6) is 0 Å². The highest BCUT2D eigenvalue weighted by molar-refractivity contribution is 5.78. The van der Waals surface area contributed by atoms with E-state index in [1.165, 1.54) is 6.42 Å². The third-order valence-electron chi connectivity index (χ3n) is 4.34. The van der Waals surface area contributed by atoms with E-state index in [0.29, 0.717) is 11.8 Å². The van der Waals surface area contributed by atoms with Gasteiger partial charge in [0.15, 0.2) is 0 Å². The van der Waals surface area contributed by atoms with E-state index in [0.717, 1.165) is 51.8 Å². The van der Waals surface area contributed by atoms with Gasteiger partial charge < -0.3 is 15.4 Å². The molecule has 4 nitrogen and oxygen atoms in total. The molecule has 0 radical (unpaired) electrons. The van der Waals surface area contributed by atoms with Crippen LogP contribution in [-0.4, -0.2) is 43.7 Å². The van der Waals surface area contributed by atoms with Gasteiger partial charge in [-0.2, -0.15) is 0 Å². The summed E-state index contributed by atoms with van der Waals surface area (Å²) in [7, 11) is 1.91. The number of carbonyl (C=O) groups is 1. The van der Waals surface area contributed by atoms with E-state index in [1.807, 2.05) is 11.9 Å². The zero-order valence-corrected chi connectivity index (χ0v) is 11.4. The lowest BCUT2D eigenvalue weighted by molar-refractivity contribution is -0.137. The first-order chi connectivity index (χ1) is 8.70. The van der Waals surface area contributed by atoms with E-state index in [2.05, 4.69) is 0 Å². The fraction of sp³-hybridized carbons (Fsp3) is 0.929. The molecule has 2 aliphatic rings. The number of amides is 1. The number of likely N-dealkylation sites (N-methyl/N-ethyl adjacent to an activating group) is 1. The molecular weight excluding hydrogens is 228 g/mol. The highest BCUT2D eigenvalue weighted by atomic mass is 16.5. The summed E-state index contributed by atoms with van der Waals surface area (Å²) in [5.74, 6) is 1.03. The molecule has 2 rings (SSSR count). The number of carbonyl (C=O) groups excluding carboxylic acids is 1. The molecule has 2 N–H and O–H groups in total. The van der Waals surface area contributed by atoms with Crippen molar-refractivity contribution in [2.75, 3.05) is 26.7 Å². The third-order valence-corrected chi connectivity index (χ3v) is 4.34. The van der Waals surface area contributed by atoms with E-state index in [4.69, 9.17) is 10.5 Å². The summed E-state index contributed by atoms with van der Waals surface area (Å²) >= 11 is 0. The minimum absolute atomic E-state index is 0.193. The van der Waals surface area contributed by atoms with Crippen LogP contribution in [0.1, 0.15) is 38.5 Å². The van der Waals surface area contributed by atoms with Gasteiger partial charge in [0.05, 0.1) is 6.10 Å². The van der Waals surface area contributed by atoms with Crippen molar-refractivity contribution in [2.24, 2.45) is 17.6 Å². The highest BCUT2D eigenvalue weighted by Crippen LogP contribution is 2.29. The zero-order chi connectivity index (χ0) is 13.0. The summed E-state index contributed by atoms with van der Waals surface area (Å²) in [6.45, 7) is 2.33. The molecule has 3 atom stereocenters. The van der Waals surface area contributed by atoms with Crippen LogP contribution in [0.2, 0.25) is 0 Å². The van der Waals surface area contributed by atoms with Crippen molar-refractivity contribution in [1.82, 2.24) is 4.90 Å². The van der Waals surface area contributed by atoms with Crippen molar-refractivity contribution in [3.8, 4) is 0 Å². The quantitative estimate of drug-likeness (QED) is 0.825. The minimum Gasteiger partial charge on any atom is -0.376 e. The summed E-state index contributed by atoms with van der Waals surface area (Å²) in [5, 5.41) is 0. The predicted molar refractivity (Wildman–Crippen MR) is 71.1 cm³/mol. The fourth-order valence-corrected chi connectivity index (χ4v) is 3.22. The second-order valence-corrected chi connectivity index (χ2v) is 5.82. The average molecular weight is 254 g/mol. The zero-order valence-electron chi connectivity index (χ0n) is 11.4. The van der Waals surface area contributed by atoms with Crippen LogP contribution in [0.15, 0.2) is 0 Å². The van der Waals surface area contributed by atoms with Crippen molar-refractivity contribution < 1.29 is 9.53 Å². The molecule has 1 aliphatic heterocycles. The Balaban J connectivity index is 1.81. The molecule has 0 bridgehead atoms. The van der Waals surface area contributed by atoms with Crippen molar-refractivity contribution >= 4 is 5.91 Å². The maximum absolute atomic E-state index is 12.4. The monoisotopic (exact) mass is 254 g/mol. The van der Waals surface area contributed by atoms with E-state index < -0.39 is 0 Å². The number of rotatable bonds is 4. The summed E-state index contributed by atoms with van der Waals surface area (Å²) in [6.07, 6.45) is 6.82. The maximum atomic E-state index is 12.4. The van der Waals surface area contributed by atoms with Crippen LogP contribution in [0.25, 0.3) is 0 Å². The summed E-state index contributed by atoms with van der Waals surface area (Å²) in [4.78, 5) is 14.3. The Morgan fingerprint density at radius 2 is 2.17 bits per heavy atom. The molecule has 18 heavy (non-hydrogen) atoms. The number of hydrogen-bond acceptors (Lipinski definition) is 3. The van der Waals surface area contributed by atoms with Gasteiger partial charge in [-0.1, -0.05) is 6.42 Å². The molecule has 1 heterocycles. The Bertz CT molecular complexity index is 277. The first-order valence-corrected chi connectivity index (χ1v) is 7.27. The average Bonchev–Trinajstić information content (AvgIpc) is 2.90. The van der Waals surface area contributed by atoms with Crippen molar-refractivity contribution in [1.29, 1.82) is 0 Å². The largest absolute Gasteiger partial charge is 0.376 e. The van der Waals surface area contributed by atoms with Crippen LogP contribution in [0, 0.1) is 11.8 Å². The third kappa shape index (κ3) is 3.45. The summed E-state index contributed by atoms with van der Waals surface area (Å²) < 4.78 is 5.59. The van der Waals surface area contributed by atoms with E-state index in [-0.39, 0.29) is 12.0 Å². The van der Waals surface area contributed by atoms with Crippen LogP contribution in [0.4, 0.5) is 0 Å². The molecule has 1 amide bonds. The Kier molecular flexibility index (Phi) is 5.01. The molecule has 4 heteroatoms. The first kappa shape index (κ1) is 13.8. The summed E-state index contributed by atoms with van der Waals surface area (Å²) in [6, 6.07) is 0. The number of hydrogen-bond donors (Lipinski definition) is 1. The highest BCUT2D eigenvalue weighted by Gasteiger charge is 2.29. The van der Waals surface area contributed by atoms with Crippen molar-refractivity contribution in [3.63, 3.8) is 0 Å². The molecule has 0 aromatic carbocycles. The molecule has 0 spiro atoms. The Labute approximate surface area is 110 Å². The number of nitrogens with zero attached hydrogens (tertiary/aromatic N) is 1. The van der Waals surface area contributed by atoms with E-state index >= 15 is 0 Å². The second-order valence-electron chi connectivity index (χ2n) is 5.82. The van der Waals surface area contributed by atoms with Gasteiger partial charge >= 0.3 is 0 Å². The van der Waals surface area contributed by atoms with Crippen molar-refractivity contribution in [3.05, 3.63) is 0 Å². The topological polar surface area (TPSA) is 55.6 Å². The van der Waals surface area contributed by atoms with Gasteiger partial charge in [0.2, 0.25) is 5.91 Å². The van der Waals surface area contributed by atoms with Gasteiger partial charge in [-0.3, -0.25) is 4.79 Å². The molecule has 3 unspecified atom stereocenters. The molecule has 2 fully saturated rings. The Hall–Kier alpha value is -0.610. The van der Waals surface area contributed by atoms with Gasteiger partial charge in [-0.15, -0.1) is 0 Å². The van der Waals surface area contributed by atoms with Gasteiger partial charge in [0, 0.05) is 26.1 Å². The molecule has 0 aromatic rings. The smallest absolute Gasteiger partial charge is 0.225 e. The Morgan fingerprint density at radius 3 is 2.83 bits per heavy atom. The van der Waals surface area contributed by atoms with Gasteiger partial charge in [-0.25, -0.2) is 0 Å². The summed E-state index contributed by atoms with van der Waals surface area (Å²) in [5.41, 5.74) is 5.73. The molecule has 104 valence electrons. The van der Waals surface area contributed by atoms with Gasteiger partial charge in [-0.05, 0) is 44.6 Å². The molecule has 1 aliphatic carbocycles. The molecule has 1 saturated carbocycles. The number of nitrogens with two attached hydrogens (primary N) is 1. The lowest BCUT2D eigenvalue weighted by Crippen LogP contribution is -2.40. The van der Waals surface area contributed by atoms with Crippen LogP contribution < -0.4 is 5.73 Å². The number of ether oxygens (including phenoxy) is 1. The molecule has 1 saturated heterocycles. The second kappa shape index (κ2) is 6.53. The van der Waals surface area contributed by atoms with Crippen LogP contribution in [0.3, 0.4) is 0 Å². The minimum atomic E-state index is 0.193. The maximum Gasteiger partial charge on any atom is 0.225 e. The predicted octanol–water partition coefficient (Wildman–Crippen LogP) is 1.39. The lowest BCUT2D eigenvalue weighted by atomic mass is 9.81. The van der Waals surface area contributed by atoms with Gasteiger partial charge in [0.25, 0.3) is 0 Å². The standard InChI is InChI=1S/C14H26N2O2/c1-16(10-13-6-3-7-18-13)14(17)12-5-2-4-11(8-12)9-15/h11-13H,2-10,15H2,1H3. The van der Waals surface area contributed by atoms with Crippen LogP contribution in [-0.2, 0) is 9.53 Å².